The van der Waals surface area contributed by atoms with Gasteiger partial charge in [0.1, 0.15) is 11.6 Å². The van der Waals surface area contributed by atoms with E-state index in [2.05, 4.69) is 0 Å². The van der Waals surface area contributed by atoms with E-state index in [0.29, 0.717) is 25.4 Å². The summed E-state index contributed by atoms with van der Waals surface area (Å²) in [5.74, 6) is -0.585. The fourth-order valence-electron chi connectivity index (χ4n) is 2.62. The lowest BCUT2D eigenvalue weighted by Crippen LogP contribution is -2.43. The van der Waals surface area contributed by atoms with Crippen LogP contribution in [0.4, 0.5) is 4.39 Å². The van der Waals surface area contributed by atoms with Crippen LogP contribution < -0.4 is 10.5 Å². The third-order valence-electron chi connectivity index (χ3n) is 3.74. The predicted molar refractivity (Wildman–Crippen MR) is 83.3 cm³/mol. The first-order valence-corrected chi connectivity index (χ1v) is 7.67. The van der Waals surface area contributed by atoms with Gasteiger partial charge < -0.3 is 15.4 Å². The lowest BCUT2D eigenvalue weighted by Gasteiger charge is -2.25. The van der Waals surface area contributed by atoms with Crippen LogP contribution in [0.2, 0.25) is 0 Å². The maximum atomic E-state index is 13.2. The van der Waals surface area contributed by atoms with Crippen LogP contribution in [-0.2, 0) is 9.59 Å². The van der Waals surface area contributed by atoms with Gasteiger partial charge in [0.2, 0.25) is 5.91 Å². The van der Waals surface area contributed by atoms with Crippen molar-refractivity contribution in [3.63, 3.8) is 0 Å². The molecule has 1 aliphatic heterocycles. The van der Waals surface area contributed by atoms with Gasteiger partial charge >= 0.3 is 0 Å². The lowest BCUT2D eigenvalue weighted by molar-refractivity contribution is -0.137. The molecule has 0 aliphatic carbocycles. The van der Waals surface area contributed by atoms with Gasteiger partial charge in [-0.15, -0.1) is 0 Å². The molecular weight excluding hydrogens is 301 g/mol. The van der Waals surface area contributed by atoms with Crippen LogP contribution in [0, 0.1) is 5.82 Å². The lowest BCUT2D eigenvalue weighted by atomic mass is 10.3. The molecule has 0 saturated carbocycles. The number of carbonyl (C=O) groups is 2. The quantitative estimate of drug-likeness (QED) is 0.861. The number of primary amides is 1. The Hall–Kier alpha value is -2.15. The number of ether oxygens (including phenoxy) is 1. The molecule has 2 rings (SSSR count). The summed E-state index contributed by atoms with van der Waals surface area (Å²) < 4.78 is 18.7. The number of amides is 2. The topological polar surface area (TPSA) is 75.9 Å². The third kappa shape index (κ3) is 5.21. The molecule has 1 fully saturated rings. The Labute approximate surface area is 135 Å². The van der Waals surface area contributed by atoms with Gasteiger partial charge in [0.25, 0.3) is 5.91 Å². The minimum atomic E-state index is -0.695. The summed E-state index contributed by atoms with van der Waals surface area (Å²) in [5, 5.41) is 0. The maximum absolute atomic E-state index is 13.2. The van der Waals surface area contributed by atoms with Crippen LogP contribution in [0.3, 0.4) is 0 Å². The van der Waals surface area contributed by atoms with Crippen molar-refractivity contribution >= 4 is 11.8 Å². The van der Waals surface area contributed by atoms with Gasteiger partial charge in [-0.1, -0.05) is 6.07 Å². The second-order valence-electron chi connectivity index (χ2n) is 5.64. The maximum Gasteiger partial charge on any atom is 0.263 e. The van der Waals surface area contributed by atoms with Crippen molar-refractivity contribution in [2.45, 2.75) is 19.4 Å². The summed E-state index contributed by atoms with van der Waals surface area (Å²) in [6.45, 7) is 4.30. The normalized spacial score (nSPS) is 17.4. The second-order valence-corrected chi connectivity index (χ2v) is 5.64. The smallest absolute Gasteiger partial charge is 0.263 e. The minimum Gasteiger partial charge on any atom is -0.481 e. The number of hydrogen-bond acceptors (Lipinski definition) is 4. The molecule has 126 valence electrons. The van der Waals surface area contributed by atoms with Crippen molar-refractivity contribution in [3.8, 4) is 5.75 Å². The van der Waals surface area contributed by atoms with Crippen LogP contribution in [0.25, 0.3) is 0 Å². The number of nitrogens with two attached hydrogens (primary N) is 1. The highest BCUT2D eigenvalue weighted by Gasteiger charge is 2.25. The highest BCUT2D eigenvalue weighted by atomic mass is 19.1. The van der Waals surface area contributed by atoms with E-state index >= 15 is 0 Å². The Morgan fingerprint density at radius 3 is 2.78 bits per heavy atom. The molecule has 0 spiro atoms. The van der Waals surface area contributed by atoms with E-state index in [4.69, 9.17) is 10.5 Å². The van der Waals surface area contributed by atoms with Gasteiger partial charge in [0.05, 0.1) is 6.54 Å². The molecule has 2 N–H and O–H groups in total. The molecule has 1 aliphatic rings. The number of halogens is 1. The molecule has 0 bridgehead atoms. The molecular formula is C16H22FN3O3. The molecule has 1 atom stereocenters. The van der Waals surface area contributed by atoms with Crippen molar-refractivity contribution < 1.29 is 18.7 Å². The molecule has 7 heteroatoms. The van der Waals surface area contributed by atoms with E-state index in [-0.39, 0.29) is 18.4 Å². The fraction of sp³-hybridized carbons (Fsp3) is 0.500. The van der Waals surface area contributed by atoms with E-state index in [1.165, 1.54) is 18.2 Å². The van der Waals surface area contributed by atoms with Gasteiger partial charge in [-0.3, -0.25) is 14.5 Å². The monoisotopic (exact) mass is 323 g/mol. The Morgan fingerprint density at radius 2 is 2.09 bits per heavy atom. The van der Waals surface area contributed by atoms with Gasteiger partial charge in [-0.05, 0) is 25.5 Å². The predicted octanol–water partition coefficient (Wildman–Crippen LogP) is 0.613. The highest BCUT2D eigenvalue weighted by molar-refractivity contribution is 5.81. The average Bonchev–Trinajstić information content (AvgIpc) is 2.71. The van der Waals surface area contributed by atoms with Crippen LogP contribution in [0.1, 0.15) is 13.3 Å². The van der Waals surface area contributed by atoms with E-state index in [1.807, 2.05) is 4.90 Å². The molecule has 0 radical (unpaired) electrons. The second kappa shape index (κ2) is 7.92. The summed E-state index contributed by atoms with van der Waals surface area (Å²) in [7, 11) is 0. The van der Waals surface area contributed by atoms with Crippen molar-refractivity contribution in [1.82, 2.24) is 9.80 Å². The first kappa shape index (κ1) is 17.2. The first-order chi connectivity index (χ1) is 11.0. The molecule has 0 aromatic heterocycles. The van der Waals surface area contributed by atoms with E-state index < -0.39 is 11.9 Å². The number of benzene rings is 1. The first-order valence-electron chi connectivity index (χ1n) is 7.67. The average molecular weight is 323 g/mol. The Morgan fingerprint density at radius 1 is 1.30 bits per heavy atom. The zero-order chi connectivity index (χ0) is 16.8. The summed E-state index contributed by atoms with van der Waals surface area (Å²) in [4.78, 5) is 27.1. The number of carbonyl (C=O) groups excluding carboxylic acids is 2. The molecule has 6 nitrogen and oxygen atoms in total. The Balaban J connectivity index is 1.90. The molecule has 1 heterocycles. The number of rotatable bonds is 5. The largest absolute Gasteiger partial charge is 0.481 e. The van der Waals surface area contributed by atoms with Gasteiger partial charge in [0, 0.05) is 32.2 Å². The van der Waals surface area contributed by atoms with Gasteiger partial charge in [-0.2, -0.15) is 0 Å². The zero-order valence-electron chi connectivity index (χ0n) is 13.2. The Kier molecular flexibility index (Phi) is 5.92. The van der Waals surface area contributed by atoms with Crippen LogP contribution >= 0.6 is 0 Å². The molecule has 2 amide bonds. The standard InChI is InChI=1S/C16H22FN3O3/c1-12(23-14-5-2-4-13(17)10-14)16(22)20-7-3-6-19(8-9-20)11-15(18)21/h2,4-5,10,12H,3,6-9,11H2,1H3,(H2,18,21)/t12-/m0/s1. The number of nitrogens with zero attached hydrogens (tertiary/aromatic N) is 2. The van der Waals surface area contributed by atoms with Crippen molar-refractivity contribution in [1.29, 1.82) is 0 Å². The van der Waals surface area contributed by atoms with E-state index in [0.717, 1.165) is 13.0 Å². The molecule has 23 heavy (non-hydrogen) atoms. The van der Waals surface area contributed by atoms with Crippen LogP contribution in [-0.4, -0.2) is 60.4 Å². The van der Waals surface area contributed by atoms with E-state index in [9.17, 15) is 14.0 Å². The van der Waals surface area contributed by atoms with Gasteiger partial charge in [-0.25, -0.2) is 4.39 Å². The number of hydrogen-bond donors (Lipinski definition) is 1. The minimum absolute atomic E-state index is 0.143. The van der Waals surface area contributed by atoms with Crippen LogP contribution in [0.15, 0.2) is 24.3 Å². The van der Waals surface area contributed by atoms with Crippen molar-refractivity contribution in [2.75, 3.05) is 32.7 Å². The van der Waals surface area contributed by atoms with Crippen molar-refractivity contribution in [2.24, 2.45) is 5.73 Å². The molecule has 1 aromatic carbocycles. The molecule has 1 aromatic rings. The van der Waals surface area contributed by atoms with E-state index in [1.54, 1.807) is 17.9 Å². The molecule has 0 unspecified atom stereocenters. The molecule has 1 saturated heterocycles. The zero-order valence-corrected chi connectivity index (χ0v) is 13.2. The Bertz CT molecular complexity index is 567. The summed E-state index contributed by atoms with van der Waals surface area (Å²) in [6, 6.07) is 5.72. The fourth-order valence-corrected chi connectivity index (χ4v) is 2.62. The van der Waals surface area contributed by atoms with Crippen LogP contribution in [0.5, 0.6) is 5.75 Å². The summed E-state index contributed by atoms with van der Waals surface area (Å²) in [5.41, 5.74) is 5.20. The summed E-state index contributed by atoms with van der Waals surface area (Å²) >= 11 is 0. The summed E-state index contributed by atoms with van der Waals surface area (Å²) in [6.07, 6.45) is 0.0746. The van der Waals surface area contributed by atoms with Gasteiger partial charge in [0.15, 0.2) is 6.10 Å². The third-order valence-corrected chi connectivity index (χ3v) is 3.74. The highest BCUT2D eigenvalue weighted by Crippen LogP contribution is 2.15. The SMILES string of the molecule is C[C@H](Oc1cccc(F)c1)C(=O)N1CCCN(CC(N)=O)CC1. The van der Waals surface area contributed by atoms with Crippen molar-refractivity contribution in [3.05, 3.63) is 30.1 Å².